The lowest BCUT2D eigenvalue weighted by Crippen LogP contribution is -2.27. The van der Waals surface area contributed by atoms with Crippen molar-refractivity contribution in [2.24, 2.45) is 23.7 Å². The van der Waals surface area contributed by atoms with E-state index in [0.717, 1.165) is 40.5 Å². The third-order valence-corrected chi connectivity index (χ3v) is 6.67. The van der Waals surface area contributed by atoms with E-state index in [1.807, 2.05) is 0 Å². The van der Waals surface area contributed by atoms with Crippen LogP contribution < -0.4 is 4.74 Å². The van der Waals surface area contributed by atoms with Crippen LogP contribution in [-0.2, 0) is 0 Å². The van der Waals surface area contributed by atoms with Gasteiger partial charge in [0.1, 0.15) is 5.75 Å². The second kappa shape index (κ2) is 9.08. The number of hydrogen-bond donors (Lipinski definition) is 0. The lowest BCUT2D eigenvalue weighted by Gasteiger charge is -2.37. The highest BCUT2D eigenvalue weighted by Crippen LogP contribution is 2.41. The molecule has 2 saturated carbocycles. The van der Waals surface area contributed by atoms with Gasteiger partial charge in [0, 0.05) is 4.47 Å². The van der Waals surface area contributed by atoms with Crippen LogP contribution in [-0.4, -0.2) is 6.61 Å². The van der Waals surface area contributed by atoms with Gasteiger partial charge in [-0.1, -0.05) is 28.1 Å². The quantitative estimate of drug-likeness (QED) is 0.490. The van der Waals surface area contributed by atoms with Crippen molar-refractivity contribution in [1.29, 1.82) is 0 Å². The van der Waals surface area contributed by atoms with Crippen LogP contribution in [0.25, 0.3) is 0 Å². The molecule has 2 heteroatoms. The Morgan fingerprint density at radius 3 is 2.08 bits per heavy atom. The Bertz CT molecular complexity index is 505. The molecular weight excluding hydrogens is 360 g/mol. The van der Waals surface area contributed by atoms with Gasteiger partial charge in [-0.05, 0) is 106 Å². The van der Waals surface area contributed by atoms with Gasteiger partial charge < -0.3 is 4.74 Å². The van der Waals surface area contributed by atoms with Gasteiger partial charge in [0.2, 0.25) is 0 Å². The summed E-state index contributed by atoms with van der Waals surface area (Å²) in [5.41, 5.74) is 0. The lowest BCUT2D eigenvalue weighted by molar-refractivity contribution is 0.129. The number of hydrogen-bond acceptors (Lipinski definition) is 1. The first-order chi connectivity index (χ1) is 11.7. The van der Waals surface area contributed by atoms with E-state index < -0.39 is 0 Å². The number of allylic oxidation sites excluding steroid dienone is 2. The standard InChI is InChI=1S/C22H31BrO/c1-2-3-17-4-8-19(9-5-17)20-10-6-18(7-11-20)16-24-22-14-12-21(23)13-15-22/h2-3,12-15,17-20H,4-11,16H2,1H3/b3-2+. The molecule has 1 aromatic rings. The van der Waals surface area contributed by atoms with Crippen molar-refractivity contribution in [3.63, 3.8) is 0 Å². The van der Waals surface area contributed by atoms with Crippen molar-refractivity contribution >= 4 is 15.9 Å². The molecular formula is C22H31BrO. The SMILES string of the molecule is C/C=C/C1CCC(C2CCC(COc3ccc(Br)cc3)CC2)CC1. The molecule has 0 radical (unpaired) electrons. The molecule has 0 amide bonds. The zero-order valence-electron chi connectivity index (χ0n) is 14.9. The number of rotatable bonds is 5. The van der Waals surface area contributed by atoms with Crippen molar-refractivity contribution in [1.82, 2.24) is 0 Å². The first kappa shape index (κ1) is 18.0. The van der Waals surface area contributed by atoms with Crippen LogP contribution in [0.1, 0.15) is 58.3 Å². The Balaban J connectivity index is 1.37. The maximum Gasteiger partial charge on any atom is 0.119 e. The Morgan fingerprint density at radius 1 is 0.917 bits per heavy atom. The average molecular weight is 391 g/mol. The Morgan fingerprint density at radius 2 is 1.50 bits per heavy atom. The summed E-state index contributed by atoms with van der Waals surface area (Å²) in [7, 11) is 0. The van der Waals surface area contributed by atoms with Crippen molar-refractivity contribution in [3.05, 3.63) is 40.9 Å². The Labute approximate surface area is 156 Å². The van der Waals surface area contributed by atoms with Gasteiger partial charge in [-0.25, -0.2) is 0 Å². The zero-order valence-corrected chi connectivity index (χ0v) is 16.5. The van der Waals surface area contributed by atoms with Crippen LogP contribution in [0, 0.1) is 23.7 Å². The highest BCUT2D eigenvalue weighted by molar-refractivity contribution is 9.10. The van der Waals surface area contributed by atoms with E-state index in [1.165, 1.54) is 51.4 Å². The molecule has 1 nitrogen and oxygen atoms in total. The van der Waals surface area contributed by atoms with Crippen molar-refractivity contribution in [2.45, 2.75) is 58.3 Å². The first-order valence-electron chi connectivity index (χ1n) is 9.75. The summed E-state index contributed by atoms with van der Waals surface area (Å²) < 4.78 is 7.10. The van der Waals surface area contributed by atoms with E-state index in [-0.39, 0.29) is 0 Å². The lowest BCUT2D eigenvalue weighted by atomic mass is 9.69. The van der Waals surface area contributed by atoms with E-state index in [2.05, 4.69) is 59.3 Å². The summed E-state index contributed by atoms with van der Waals surface area (Å²) in [6, 6.07) is 8.21. The maximum atomic E-state index is 5.99. The number of ether oxygens (including phenoxy) is 1. The number of halogens is 1. The van der Waals surface area contributed by atoms with Gasteiger partial charge in [-0.15, -0.1) is 0 Å². The predicted octanol–water partition coefficient (Wildman–Crippen LogP) is 7.02. The van der Waals surface area contributed by atoms with Crippen LogP contribution in [0.3, 0.4) is 0 Å². The minimum atomic E-state index is 0.754. The topological polar surface area (TPSA) is 9.23 Å². The van der Waals surface area contributed by atoms with Crippen LogP contribution in [0.15, 0.2) is 40.9 Å². The molecule has 0 unspecified atom stereocenters. The molecule has 0 atom stereocenters. The van der Waals surface area contributed by atoms with Crippen molar-refractivity contribution in [3.8, 4) is 5.75 Å². The first-order valence-corrected chi connectivity index (χ1v) is 10.5. The molecule has 0 bridgehead atoms. The Kier molecular flexibility index (Phi) is 6.83. The van der Waals surface area contributed by atoms with Crippen LogP contribution >= 0.6 is 15.9 Å². The smallest absolute Gasteiger partial charge is 0.119 e. The van der Waals surface area contributed by atoms with Crippen LogP contribution in [0.4, 0.5) is 0 Å². The van der Waals surface area contributed by atoms with Gasteiger partial charge in [0.25, 0.3) is 0 Å². The summed E-state index contributed by atoms with van der Waals surface area (Å²) in [6.45, 7) is 3.05. The largest absolute Gasteiger partial charge is 0.493 e. The molecule has 0 N–H and O–H groups in total. The summed E-state index contributed by atoms with van der Waals surface area (Å²) in [6.07, 6.45) is 16.0. The fraction of sp³-hybridized carbons (Fsp3) is 0.636. The Hall–Kier alpha value is -0.760. The normalized spacial score (nSPS) is 31.2. The summed E-state index contributed by atoms with van der Waals surface area (Å²) in [5.74, 6) is 4.61. The summed E-state index contributed by atoms with van der Waals surface area (Å²) >= 11 is 3.47. The van der Waals surface area contributed by atoms with Crippen LogP contribution in [0.2, 0.25) is 0 Å². The fourth-order valence-electron chi connectivity index (χ4n) is 4.65. The monoisotopic (exact) mass is 390 g/mol. The fourth-order valence-corrected chi connectivity index (χ4v) is 4.92. The molecule has 3 rings (SSSR count). The molecule has 0 heterocycles. The van der Waals surface area contributed by atoms with E-state index in [1.54, 1.807) is 0 Å². The van der Waals surface area contributed by atoms with E-state index in [0.29, 0.717) is 0 Å². The van der Waals surface area contributed by atoms with Gasteiger partial charge in [-0.2, -0.15) is 0 Å². The molecule has 0 aromatic heterocycles. The minimum Gasteiger partial charge on any atom is -0.493 e. The molecule has 0 spiro atoms. The van der Waals surface area contributed by atoms with Gasteiger partial charge in [0.15, 0.2) is 0 Å². The van der Waals surface area contributed by atoms with E-state index >= 15 is 0 Å². The second-order valence-corrected chi connectivity index (χ2v) is 8.66. The maximum absolute atomic E-state index is 5.99. The minimum absolute atomic E-state index is 0.754. The van der Waals surface area contributed by atoms with Crippen molar-refractivity contribution < 1.29 is 4.74 Å². The van der Waals surface area contributed by atoms with E-state index in [9.17, 15) is 0 Å². The predicted molar refractivity (Wildman–Crippen MR) is 105 cm³/mol. The molecule has 2 aliphatic carbocycles. The third kappa shape index (κ3) is 5.12. The molecule has 24 heavy (non-hydrogen) atoms. The molecule has 2 aliphatic rings. The summed E-state index contributed by atoms with van der Waals surface area (Å²) in [5, 5.41) is 0. The highest BCUT2D eigenvalue weighted by Gasteiger charge is 2.30. The van der Waals surface area contributed by atoms with Gasteiger partial charge in [-0.3, -0.25) is 0 Å². The molecule has 0 saturated heterocycles. The third-order valence-electron chi connectivity index (χ3n) is 6.14. The van der Waals surface area contributed by atoms with E-state index in [4.69, 9.17) is 4.74 Å². The van der Waals surface area contributed by atoms with Crippen molar-refractivity contribution in [2.75, 3.05) is 6.61 Å². The summed E-state index contributed by atoms with van der Waals surface area (Å²) in [4.78, 5) is 0. The zero-order chi connectivity index (χ0) is 16.8. The second-order valence-electron chi connectivity index (χ2n) is 7.75. The van der Waals surface area contributed by atoms with Gasteiger partial charge in [0.05, 0.1) is 6.61 Å². The van der Waals surface area contributed by atoms with Crippen LogP contribution in [0.5, 0.6) is 5.75 Å². The number of benzene rings is 1. The molecule has 1 aromatic carbocycles. The molecule has 132 valence electrons. The molecule has 2 fully saturated rings. The van der Waals surface area contributed by atoms with Gasteiger partial charge >= 0.3 is 0 Å². The average Bonchev–Trinajstić information content (AvgIpc) is 2.63. The molecule has 0 aliphatic heterocycles. The highest BCUT2D eigenvalue weighted by atomic mass is 79.9.